The van der Waals surface area contributed by atoms with E-state index in [2.05, 4.69) is 21.4 Å². The van der Waals surface area contributed by atoms with E-state index in [1.54, 1.807) is 52.0 Å². The van der Waals surface area contributed by atoms with E-state index in [4.69, 9.17) is 19.9 Å². The third-order valence-electron chi connectivity index (χ3n) is 5.02. The number of benzene rings is 1. The van der Waals surface area contributed by atoms with Crippen LogP contribution in [0.2, 0.25) is 0 Å². The van der Waals surface area contributed by atoms with Crippen LogP contribution in [0.4, 0.5) is 10.6 Å². The van der Waals surface area contributed by atoms with Crippen molar-refractivity contribution in [1.82, 2.24) is 15.3 Å². The summed E-state index contributed by atoms with van der Waals surface area (Å²) in [4.78, 5) is 33.4. The highest BCUT2D eigenvalue weighted by Crippen LogP contribution is 2.31. The standard InChI is InChI=1S/C24H29N5O5/c1-5-32-22(30)18-19(26)28-20(15-8-6-7-14(11-15)13-25)29-21(18)33-17-10-9-16(12-17)27-23(31)34-24(2,3)4/h6-8,11,16-17H,5,9-10,12H2,1-4H3,(H,27,31)(H2,26,28,29)/t16-,17+/m0/s1. The summed E-state index contributed by atoms with van der Waals surface area (Å²) >= 11 is 0. The van der Waals surface area contributed by atoms with Crippen molar-refractivity contribution in [1.29, 1.82) is 5.26 Å². The Morgan fingerprint density at radius 3 is 2.71 bits per heavy atom. The Morgan fingerprint density at radius 2 is 2.03 bits per heavy atom. The van der Waals surface area contributed by atoms with Gasteiger partial charge in [-0.25, -0.2) is 14.6 Å². The van der Waals surface area contributed by atoms with Gasteiger partial charge >= 0.3 is 12.1 Å². The molecule has 1 aromatic heterocycles. The summed E-state index contributed by atoms with van der Waals surface area (Å²) in [5.74, 6) is -0.540. The maximum Gasteiger partial charge on any atom is 0.407 e. The molecule has 1 aliphatic carbocycles. The molecule has 0 bridgehead atoms. The first kappa shape index (κ1) is 24.8. The highest BCUT2D eigenvalue weighted by atomic mass is 16.6. The van der Waals surface area contributed by atoms with Gasteiger partial charge in [-0.1, -0.05) is 12.1 Å². The molecule has 1 fully saturated rings. The smallest absolute Gasteiger partial charge is 0.407 e. The Hall–Kier alpha value is -3.87. The molecule has 10 nitrogen and oxygen atoms in total. The summed E-state index contributed by atoms with van der Waals surface area (Å²) < 4.78 is 16.5. The van der Waals surface area contributed by atoms with Gasteiger partial charge in [0.25, 0.3) is 0 Å². The quantitative estimate of drug-likeness (QED) is 0.607. The minimum absolute atomic E-state index is 0.00577. The Labute approximate surface area is 198 Å². The van der Waals surface area contributed by atoms with Gasteiger partial charge in [-0.05, 0) is 52.7 Å². The van der Waals surface area contributed by atoms with Gasteiger partial charge in [0.05, 0.1) is 18.2 Å². The zero-order valence-corrected chi connectivity index (χ0v) is 19.8. The van der Waals surface area contributed by atoms with Crippen LogP contribution >= 0.6 is 0 Å². The molecule has 1 heterocycles. The van der Waals surface area contributed by atoms with Gasteiger partial charge in [0.15, 0.2) is 11.4 Å². The van der Waals surface area contributed by atoms with Crippen molar-refractivity contribution in [3.63, 3.8) is 0 Å². The summed E-state index contributed by atoms with van der Waals surface area (Å²) in [6, 6.07) is 8.65. The van der Waals surface area contributed by atoms with E-state index in [9.17, 15) is 14.9 Å². The number of aromatic nitrogens is 2. The highest BCUT2D eigenvalue weighted by molar-refractivity contribution is 5.97. The van der Waals surface area contributed by atoms with E-state index in [1.165, 1.54) is 0 Å². The number of rotatable bonds is 6. The molecule has 1 amide bonds. The molecule has 0 saturated heterocycles. The molecular weight excluding hydrogens is 438 g/mol. The van der Waals surface area contributed by atoms with Crippen molar-refractivity contribution in [3.8, 4) is 23.3 Å². The van der Waals surface area contributed by atoms with E-state index >= 15 is 0 Å². The number of carbonyl (C=O) groups excluding carboxylic acids is 2. The molecule has 1 aliphatic rings. The molecule has 0 aliphatic heterocycles. The zero-order valence-electron chi connectivity index (χ0n) is 19.8. The third-order valence-corrected chi connectivity index (χ3v) is 5.02. The van der Waals surface area contributed by atoms with Gasteiger partial charge in [-0.2, -0.15) is 10.2 Å². The molecule has 3 rings (SSSR count). The Morgan fingerprint density at radius 1 is 1.26 bits per heavy atom. The Bertz CT molecular complexity index is 1110. The van der Waals surface area contributed by atoms with Crippen LogP contribution in [0.3, 0.4) is 0 Å². The number of esters is 1. The average molecular weight is 468 g/mol. The molecule has 0 unspecified atom stereocenters. The number of nitrogens with one attached hydrogen (secondary N) is 1. The predicted octanol–water partition coefficient (Wildman–Crippen LogP) is 3.60. The van der Waals surface area contributed by atoms with Gasteiger partial charge in [0, 0.05) is 18.0 Å². The fraction of sp³-hybridized carbons (Fsp3) is 0.458. The summed E-state index contributed by atoms with van der Waals surface area (Å²) in [5.41, 5.74) is 6.47. The third kappa shape index (κ3) is 6.34. The number of nitrogens with zero attached hydrogens (tertiary/aromatic N) is 3. The Balaban J connectivity index is 1.84. The van der Waals surface area contributed by atoms with Gasteiger partial charge in [-0.3, -0.25) is 0 Å². The number of amides is 1. The number of nitrogen functional groups attached to an aromatic ring is 1. The number of nitrogens with two attached hydrogens (primary N) is 1. The maximum atomic E-state index is 12.6. The van der Waals surface area contributed by atoms with Crippen LogP contribution in [0.15, 0.2) is 24.3 Å². The van der Waals surface area contributed by atoms with Crippen LogP contribution in [0, 0.1) is 11.3 Å². The molecule has 1 aromatic carbocycles. The van der Waals surface area contributed by atoms with Crippen LogP contribution in [0.25, 0.3) is 11.4 Å². The second-order valence-electron chi connectivity index (χ2n) is 8.92. The molecule has 0 radical (unpaired) electrons. The first-order chi connectivity index (χ1) is 16.1. The summed E-state index contributed by atoms with van der Waals surface area (Å²) in [5, 5.41) is 12.0. The largest absolute Gasteiger partial charge is 0.474 e. The van der Waals surface area contributed by atoms with E-state index in [1.807, 2.05) is 0 Å². The van der Waals surface area contributed by atoms with E-state index in [-0.39, 0.29) is 41.8 Å². The maximum absolute atomic E-state index is 12.6. The van der Waals surface area contributed by atoms with E-state index in [0.717, 1.165) is 0 Å². The molecule has 0 spiro atoms. The molecule has 1 saturated carbocycles. The first-order valence-corrected chi connectivity index (χ1v) is 11.1. The number of ether oxygens (including phenoxy) is 3. The molecule has 2 atom stereocenters. The zero-order chi connectivity index (χ0) is 24.9. The molecular formula is C24H29N5O5. The number of alkyl carbamates (subject to hydrolysis) is 1. The lowest BCUT2D eigenvalue weighted by Crippen LogP contribution is -2.38. The van der Waals surface area contributed by atoms with Crippen molar-refractivity contribution in [2.45, 2.75) is 64.7 Å². The van der Waals surface area contributed by atoms with Crippen LogP contribution in [-0.2, 0) is 9.47 Å². The number of nitriles is 1. The molecule has 10 heteroatoms. The topological polar surface area (TPSA) is 149 Å². The number of anilines is 1. The minimum Gasteiger partial charge on any atom is -0.474 e. The first-order valence-electron chi connectivity index (χ1n) is 11.1. The summed E-state index contributed by atoms with van der Waals surface area (Å²) in [7, 11) is 0. The van der Waals surface area contributed by atoms with Crippen LogP contribution in [-0.4, -0.2) is 46.4 Å². The fourth-order valence-corrected chi connectivity index (χ4v) is 3.60. The minimum atomic E-state index is -0.686. The molecule has 3 N–H and O–H groups in total. The van der Waals surface area contributed by atoms with Crippen LogP contribution < -0.4 is 15.8 Å². The average Bonchev–Trinajstić information content (AvgIpc) is 3.18. The second kappa shape index (κ2) is 10.4. The van der Waals surface area contributed by atoms with Gasteiger partial charge in [0.1, 0.15) is 17.5 Å². The lowest BCUT2D eigenvalue weighted by atomic mass is 10.1. The number of carbonyl (C=O) groups is 2. The van der Waals surface area contributed by atoms with E-state index < -0.39 is 17.7 Å². The summed E-state index contributed by atoms with van der Waals surface area (Å²) in [6.07, 6.45) is 1.00. The Kier molecular flexibility index (Phi) is 7.56. The monoisotopic (exact) mass is 467 g/mol. The van der Waals surface area contributed by atoms with Gasteiger partial charge < -0.3 is 25.3 Å². The van der Waals surface area contributed by atoms with Crippen molar-refractivity contribution in [2.75, 3.05) is 12.3 Å². The molecule has 34 heavy (non-hydrogen) atoms. The lowest BCUT2D eigenvalue weighted by molar-refractivity contribution is 0.0501. The normalized spacial score (nSPS) is 17.5. The van der Waals surface area contributed by atoms with Crippen molar-refractivity contribution in [3.05, 3.63) is 35.4 Å². The van der Waals surface area contributed by atoms with Gasteiger partial charge in [-0.15, -0.1) is 0 Å². The van der Waals surface area contributed by atoms with E-state index in [0.29, 0.717) is 30.4 Å². The van der Waals surface area contributed by atoms with Gasteiger partial charge in [0.2, 0.25) is 5.88 Å². The number of hydrogen-bond donors (Lipinski definition) is 2. The molecule has 180 valence electrons. The summed E-state index contributed by atoms with van der Waals surface area (Å²) in [6.45, 7) is 7.23. The van der Waals surface area contributed by atoms with Crippen LogP contribution in [0.1, 0.15) is 62.9 Å². The van der Waals surface area contributed by atoms with Crippen molar-refractivity contribution >= 4 is 17.9 Å². The van der Waals surface area contributed by atoms with Crippen LogP contribution in [0.5, 0.6) is 5.88 Å². The van der Waals surface area contributed by atoms with Crippen molar-refractivity contribution in [2.24, 2.45) is 0 Å². The fourth-order valence-electron chi connectivity index (χ4n) is 3.60. The SMILES string of the molecule is CCOC(=O)c1c(N)nc(-c2cccc(C#N)c2)nc1O[C@@H]1CC[C@H](NC(=O)OC(C)(C)C)C1. The van der Waals surface area contributed by atoms with Crippen molar-refractivity contribution < 1.29 is 23.8 Å². The highest BCUT2D eigenvalue weighted by Gasteiger charge is 2.31. The predicted molar refractivity (Wildman–Crippen MR) is 124 cm³/mol. The number of hydrogen-bond acceptors (Lipinski definition) is 9. The molecule has 2 aromatic rings. The lowest BCUT2D eigenvalue weighted by Gasteiger charge is -2.22. The second-order valence-corrected chi connectivity index (χ2v) is 8.92.